The van der Waals surface area contributed by atoms with Crippen molar-refractivity contribution in [2.75, 3.05) is 0 Å². The second kappa shape index (κ2) is 5.91. The van der Waals surface area contributed by atoms with Gasteiger partial charge in [0.2, 0.25) is 5.91 Å². The molecule has 0 unspecified atom stereocenters. The number of amides is 1. The normalized spacial score (nSPS) is 15.2. The molecule has 3 nitrogen and oxygen atoms in total. The van der Waals surface area contributed by atoms with Crippen LogP contribution in [-0.2, 0) is 16.8 Å². The zero-order chi connectivity index (χ0) is 16.6. The van der Waals surface area contributed by atoms with E-state index in [4.69, 9.17) is 4.42 Å². The summed E-state index contributed by atoms with van der Waals surface area (Å²) in [4.78, 5) is 13.6. The van der Waals surface area contributed by atoms with Gasteiger partial charge in [0.15, 0.2) is 0 Å². The summed E-state index contributed by atoms with van der Waals surface area (Å²) in [5.74, 6) is 1.23. The van der Waals surface area contributed by atoms with E-state index in [2.05, 4.69) is 5.32 Å². The van der Waals surface area contributed by atoms with Crippen LogP contribution in [0.5, 0.6) is 0 Å². The van der Waals surface area contributed by atoms with Gasteiger partial charge in [0.1, 0.15) is 17.3 Å². The van der Waals surface area contributed by atoms with Crippen molar-refractivity contribution in [1.29, 1.82) is 0 Å². The maximum absolute atomic E-state index is 13.1. The minimum absolute atomic E-state index is 0.0248. The van der Waals surface area contributed by atoms with E-state index < -0.39 is 5.41 Å². The minimum atomic E-state index is -0.503. The lowest BCUT2D eigenvalue weighted by atomic mass is 9.95. The average Bonchev–Trinajstić information content (AvgIpc) is 3.00. The first-order valence-electron chi connectivity index (χ1n) is 7.84. The number of benzene rings is 1. The number of halogens is 1. The Balaban J connectivity index is 1.43. The van der Waals surface area contributed by atoms with E-state index >= 15 is 0 Å². The molecule has 1 aliphatic carbocycles. The number of thiophene rings is 1. The molecular weight excluding hydrogens is 325 g/mol. The van der Waals surface area contributed by atoms with Crippen molar-refractivity contribution in [3.63, 3.8) is 0 Å². The molecular formula is C19H16FNO2S. The summed E-state index contributed by atoms with van der Waals surface area (Å²) in [5.41, 5.74) is 0.372. The lowest BCUT2D eigenvalue weighted by molar-refractivity contribution is -0.123. The fourth-order valence-corrected chi connectivity index (χ4v) is 3.59. The van der Waals surface area contributed by atoms with Crippen molar-refractivity contribution >= 4 is 17.2 Å². The van der Waals surface area contributed by atoms with Gasteiger partial charge >= 0.3 is 0 Å². The molecule has 3 aromatic rings. The number of furan rings is 1. The fraction of sp³-hybridized carbons (Fsp3) is 0.211. The second-order valence-electron chi connectivity index (χ2n) is 6.01. The average molecular weight is 341 g/mol. The summed E-state index contributed by atoms with van der Waals surface area (Å²) >= 11 is 1.61. The van der Waals surface area contributed by atoms with Crippen LogP contribution in [0, 0.1) is 5.82 Å². The van der Waals surface area contributed by atoms with Gasteiger partial charge in [-0.15, -0.1) is 11.3 Å². The molecule has 0 saturated heterocycles. The quantitative estimate of drug-likeness (QED) is 0.743. The highest BCUT2D eigenvalue weighted by Crippen LogP contribution is 2.48. The molecule has 2 aromatic heterocycles. The molecule has 0 bridgehead atoms. The van der Waals surface area contributed by atoms with Crippen molar-refractivity contribution in [1.82, 2.24) is 5.32 Å². The molecule has 1 N–H and O–H groups in total. The Morgan fingerprint density at radius 3 is 2.62 bits per heavy atom. The van der Waals surface area contributed by atoms with Crippen LogP contribution in [0.4, 0.5) is 4.39 Å². The first kappa shape index (κ1) is 15.1. The first-order chi connectivity index (χ1) is 11.7. The molecule has 1 aliphatic rings. The first-order valence-corrected chi connectivity index (χ1v) is 8.72. The largest absolute Gasteiger partial charge is 0.458 e. The molecule has 0 spiro atoms. The number of carbonyl (C=O) groups is 1. The smallest absolute Gasteiger partial charge is 0.231 e. The Kier molecular flexibility index (Phi) is 3.73. The third-order valence-corrected chi connectivity index (χ3v) is 5.31. The Morgan fingerprint density at radius 2 is 1.96 bits per heavy atom. The number of carbonyl (C=O) groups excluding carboxylic acids is 1. The minimum Gasteiger partial charge on any atom is -0.458 e. The molecule has 0 aliphatic heterocycles. The second-order valence-corrected chi connectivity index (χ2v) is 6.96. The maximum atomic E-state index is 13.1. The summed E-state index contributed by atoms with van der Waals surface area (Å²) in [6, 6.07) is 14.0. The third-order valence-electron chi connectivity index (χ3n) is 4.43. The van der Waals surface area contributed by atoms with Crippen LogP contribution in [0.25, 0.3) is 10.6 Å². The van der Waals surface area contributed by atoms with Crippen molar-refractivity contribution in [2.24, 2.45) is 0 Å². The van der Waals surface area contributed by atoms with Gasteiger partial charge in [-0.1, -0.05) is 18.2 Å². The molecule has 24 heavy (non-hydrogen) atoms. The SMILES string of the molecule is O=C(NCc1ccc(-c2cccs2)o1)C1(c2ccc(F)cc2)CC1. The van der Waals surface area contributed by atoms with Gasteiger partial charge in [-0.2, -0.15) is 0 Å². The Labute approximate surface area is 143 Å². The number of nitrogens with one attached hydrogen (secondary N) is 1. The van der Waals surface area contributed by atoms with Crippen LogP contribution in [0.1, 0.15) is 24.2 Å². The van der Waals surface area contributed by atoms with Crippen molar-refractivity contribution in [3.05, 3.63) is 71.1 Å². The Morgan fingerprint density at radius 1 is 1.17 bits per heavy atom. The van der Waals surface area contributed by atoms with Gasteiger partial charge in [0.05, 0.1) is 16.8 Å². The molecule has 1 aromatic carbocycles. The fourth-order valence-electron chi connectivity index (χ4n) is 2.90. The molecule has 2 heterocycles. The molecule has 0 radical (unpaired) electrons. The molecule has 5 heteroatoms. The van der Waals surface area contributed by atoms with Crippen LogP contribution in [0.15, 0.2) is 58.3 Å². The van der Waals surface area contributed by atoms with E-state index in [1.807, 2.05) is 29.6 Å². The van der Waals surface area contributed by atoms with Gasteiger partial charge in [-0.25, -0.2) is 4.39 Å². The van der Waals surface area contributed by atoms with Gasteiger partial charge < -0.3 is 9.73 Å². The van der Waals surface area contributed by atoms with E-state index in [1.54, 1.807) is 23.5 Å². The predicted octanol–water partition coefficient (Wildman–Crippen LogP) is 4.50. The zero-order valence-corrected chi connectivity index (χ0v) is 13.7. The van der Waals surface area contributed by atoms with Crippen LogP contribution >= 0.6 is 11.3 Å². The highest BCUT2D eigenvalue weighted by atomic mass is 32.1. The summed E-state index contributed by atoms with van der Waals surface area (Å²) in [6.07, 6.45) is 1.59. The van der Waals surface area contributed by atoms with E-state index in [9.17, 15) is 9.18 Å². The van der Waals surface area contributed by atoms with Gasteiger partial charge in [-0.05, 0) is 54.1 Å². The van der Waals surface area contributed by atoms with Gasteiger partial charge in [0.25, 0.3) is 0 Å². The van der Waals surface area contributed by atoms with E-state index in [1.165, 1.54) is 12.1 Å². The van der Waals surface area contributed by atoms with Crippen molar-refractivity contribution in [3.8, 4) is 10.6 Å². The standard InChI is InChI=1S/C19H16FNO2S/c20-14-5-3-13(4-6-14)19(9-10-19)18(22)21-12-15-7-8-16(23-15)17-2-1-11-24-17/h1-8,11H,9-10,12H2,(H,21,22). The highest BCUT2D eigenvalue weighted by Gasteiger charge is 2.51. The zero-order valence-electron chi connectivity index (χ0n) is 12.9. The van der Waals surface area contributed by atoms with Gasteiger partial charge in [-0.3, -0.25) is 4.79 Å². The van der Waals surface area contributed by atoms with E-state index in [0.29, 0.717) is 6.54 Å². The Bertz CT molecular complexity index is 848. The van der Waals surface area contributed by atoms with E-state index in [-0.39, 0.29) is 11.7 Å². The topological polar surface area (TPSA) is 42.2 Å². The molecule has 4 rings (SSSR count). The summed E-state index contributed by atoms with van der Waals surface area (Å²) in [5, 5.41) is 4.95. The van der Waals surface area contributed by atoms with Crippen LogP contribution < -0.4 is 5.32 Å². The molecule has 1 fully saturated rings. The lowest BCUT2D eigenvalue weighted by Gasteiger charge is -2.15. The third kappa shape index (κ3) is 2.76. The van der Waals surface area contributed by atoms with Crippen LogP contribution in [0.2, 0.25) is 0 Å². The molecule has 122 valence electrons. The number of rotatable bonds is 5. The summed E-state index contributed by atoms with van der Waals surface area (Å²) < 4.78 is 18.9. The van der Waals surface area contributed by atoms with Crippen molar-refractivity contribution < 1.29 is 13.6 Å². The lowest BCUT2D eigenvalue weighted by Crippen LogP contribution is -2.34. The number of hydrogen-bond donors (Lipinski definition) is 1. The van der Waals surface area contributed by atoms with Crippen LogP contribution in [-0.4, -0.2) is 5.91 Å². The predicted molar refractivity (Wildman–Crippen MR) is 91.2 cm³/mol. The number of hydrogen-bond acceptors (Lipinski definition) is 3. The van der Waals surface area contributed by atoms with E-state index in [0.717, 1.165) is 34.8 Å². The Hall–Kier alpha value is -2.40. The van der Waals surface area contributed by atoms with Gasteiger partial charge in [0, 0.05) is 0 Å². The van der Waals surface area contributed by atoms with Crippen LogP contribution in [0.3, 0.4) is 0 Å². The maximum Gasteiger partial charge on any atom is 0.231 e. The molecule has 0 atom stereocenters. The summed E-state index contributed by atoms with van der Waals surface area (Å²) in [6.45, 7) is 0.354. The monoisotopic (exact) mass is 341 g/mol. The molecule has 1 amide bonds. The molecule has 1 saturated carbocycles. The highest BCUT2D eigenvalue weighted by molar-refractivity contribution is 7.13. The van der Waals surface area contributed by atoms with Crippen molar-refractivity contribution in [2.45, 2.75) is 24.8 Å². The summed E-state index contributed by atoms with van der Waals surface area (Å²) in [7, 11) is 0.